The fourth-order valence-corrected chi connectivity index (χ4v) is 4.97. The molecule has 4 aromatic rings. The Labute approximate surface area is 186 Å². The molecular weight excluding hydrogens is 465 g/mol. The third kappa shape index (κ3) is 3.98. The standard InChI is InChI=1S/C20H15F3N4O3S2/c1-26-13-9-31-14(16(13)17(29)27(2)19(26)30)7-15(28)25-18-24-12(8-32-18)10-3-5-11(6-4-10)20(21,22)23/h3-6,8-9H,7H2,1-2H3,(H,24,25,28). The zero-order valence-electron chi connectivity index (χ0n) is 16.7. The van der Waals surface area contributed by atoms with Gasteiger partial charge in [-0.3, -0.25) is 18.7 Å². The third-order valence-electron chi connectivity index (χ3n) is 4.88. The summed E-state index contributed by atoms with van der Waals surface area (Å²) in [7, 11) is 2.93. The number of aryl methyl sites for hydroxylation is 1. The minimum absolute atomic E-state index is 0.0865. The number of hydrogen-bond acceptors (Lipinski definition) is 6. The molecule has 166 valence electrons. The summed E-state index contributed by atoms with van der Waals surface area (Å²) in [5.41, 5.74) is -0.282. The van der Waals surface area contributed by atoms with Gasteiger partial charge in [0.25, 0.3) is 5.56 Å². The molecule has 7 nitrogen and oxygen atoms in total. The molecule has 0 aliphatic heterocycles. The van der Waals surface area contributed by atoms with Crippen LogP contribution in [0.25, 0.3) is 22.2 Å². The van der Waals surface area contributed by atoms with Crippen LogP contribution in [0.15, 0.2) is 44.6 Å². The highest BCUT2D eigenvalue weighted by Crippen LogP contribution is 2.32. The first kappa shape index (κ1) is 22.0. The first-order valence-corrected chi connectivity index (χ1v) is 10.9. The Morgan fingerprint density at radius 3 is 2.41 bits per heavy atom. The molecule has 12 heteroatoms. The molecule has 3 heterocycles. The van der Waals surface area contributed by atoms with Crippen LogP contribution in [0.1, 0.15) is 10.4 Å². The molecule has 4 rings (SSSR count). The second-order valence-electron chi connectivity index (χ2n) is 6.96. The number of carbonyl (C=O) groups is 1. The van der Waals surface area contributed by atoms with E-state index in [0.29, 0.717) is 27.0 Å². The molecule has 0 saturated heterocycles. The number of amides is 1. The van der Waals surface area contributed by atoms with Crippen LogP contribution in [0.5, 0.6) is 0 Å². The van der Waals surface area contributed by atoms with Gasteiger partial charge in [0.2, 0.25) is 5.91 Å². The van der Waals surface area contributed by atoms with Gasteiger partial charge >= 0.3 is 11.9 Å². The normalized spacial score (nSPS) is 11.8. The molecule has 3 aromatic heterocycles. The number of rotatable bonds is 4. The number of hydrogen-bond donors (Lipinski definition) is 1. The lowest BCUT2D eigenvalue weighted by atomic mass is 10.1. The van der Waals surface area contributed by atoms with Crippen molar-refractivity contribution < 1.29 is 18.0 Å². The lowest BCUT2D eigenvalue weighted by Crippen LogP contribution is -2.36. The number of halogens is 3. The molecule has 0 atom stereocenters. The number of fused-ring (bicyclic) bond motifs is 1. The molecule has 0 unspecified atom stereocenters. The second-order valence-corrected chi connectivity index (χ2v) is 8.79. The van der Waals surface area contributed by atoms with Crippen LogP contribution in [0.4, 0.5) is 18.3 Å². The van der Waals surface area contributed by atoms with Crippen LogP contribution in [-0.4, -0.2) is 20.0 Å². The number of anilines is 1. The largest absolute Gasteiger partial charge is 0.416 e. The Morgan fingerprint density at radius 2 is 1.75 bits per heavy atom. The molecule has 1 amide bonds. The third-order valence-corrected chi connectivity index (χ3v) is 6.61. The summed E-state index contributed by atoms with van der Waals surface area (Å²) < 4.78 is 40.5. The lowest BCUT2D eigenvalue weighted by molar-refractivity contribution is -0.137. The van der Waals surface area contributed by atoms with Crippen molar-refractivity contribution in [2.75, 3.05) is 5.32 Å². The predicted octanol–water partition coefficient (Wildman–Crippen LogP) is 3.62. The number of thiazole rings is 1. The quantitative estimate of drug-likeness (QED) is 0.484. The van der Waals surface area contributed by atoms with Gasteiger partial charge in [-0.15, -0.1) is 22.7 Å². The van der Waals surface area contributed by atoms with Crippen molar-refractivity contribution in [3.8, 4) is 11.3 Å². The van der Waals surface area contributed by atoms with Crippen LogP contribution in [-0.2, 0) is 31.5 Å². The van der Waals surface area contributed by atoms with Crippen molar-refractivity contribution in [3.63, 3.8) is 0 Å². The minimum atomic E-state index is -4.42. The van der Waals surface area contributed by atoms with E-state index in [0.717, 1.165) is 28.0 Å². The van der Waals surface area contributed by atoms with Crippen LogP contribution < -0.4 is 16.6 Å². The highest BCUT2D eigenvalue weighted by atomic mass is 32.1. The first-order chi connectivity index (χ1) is 15.1. The molecule has 1 aromatic carbocycles. The van der Waals surface area contributed by atoms with Gasteiger partial charge in [-0.25, -0.2) is 9.78 Å². The van der Waals surface area contributed by atoms with Crippen molar-refractivity contribution in [1.29, 1.82) is 0 Å². The van der Waals surface area contributed by atoms with E-state index in [2.05, 4.69) is 10.3 Å². The summed E-state index contributed by atoms with van der Waals surface area (Å²) in [6, 6.07) is 4.59. The summed E-state index contributed by atoms with van der Waals surface area (Å²) in [5, 5.41) is 6.54. The molecular formula is C20H15F3N4O3S2. The van der Waals surface area contributed by atoms with Crippen molar-refractivity contribution in [3.05, 3.63) is 66.3 Å². The van der Waals surface area contributed by atoms with E-state index >= 15 is 0 Å². The van der Waals surface area contributed by atoms with E-state index in [-0.39, 0.29) is 11.6 Å². The van der Waals surface area contributed by atoms with Gasteiger partial charge in [0.15, 0.2) is 5.13 Å². The van der Waals surface area contributed by atoms with E-state index in [1.807, 2.05) is 0 Å². The highest BCUT2D eigenvalue weighted by molar-refractivity contribution is 7.14. The molecule has 32 heavy (non-hydrogen) atoms. The number of carbonyl (C=O) groups excluding carboxylic acids is 1. The van der Waals surface area contributed by atoms with E-state index in [1.165, 1.54) is 35.1 Å². The van der Waals surface area contributed by atoms with Crippen LogP contribution >= 0.6 is 22.7 Å². The van der Waals surface area contributed by atoms with Gasteiger partial charge in [0, 0.05) is 35.3 Å². The number of benzene rings is 1. The van der Waals surface area contributed by atoms with E-state index < -0.39 is 28.9 Å². The Morgan fingerprint density at radius 1 is 1.06 bits per heavy atom. The zero-order valence-corrected chi connectivity index (χ0v) is 18.3. The molecule has 0 radical (unpaired) electrons. The first-order valence-electron chi connectivity index (χ1n) is 9.15. The van der Waals surface area contributed by atoms with Crippen LogP contribution in [0.2, 0.25) is 0 Å². The summed E-state index contributed by atoms with van der Waals surface area (Å²) in [6.07, 6.45) is -4.50. The fourth-order valence-electron chi connectivity index (χ4n) is 3.18. The van der Waals surface area contributed by atoms with Crippen LogP contribution in [0.3, 0.4) is 0 Å². The fraction of sp³-hybridized carbons (Fsp3) is 0.200. The molecule has 0 aliphatic rings. The number of thiophene rings is 1. The summed E-state index contributed by atoms with van der Waals surface area (Å²) in [6.45, 7) is 0. The number of nitrogens with zero attached hydrogens (tertiary/aromatic N) is 3. The maximum Gasteiger partial charge on any atom is 0.416 e. The number of alkyl halides is 3. The van der Waals surface area contributed by atoms with Gasteiger partial charge in [0.05, 0.1) is 28.6 Å². The average Bonchev–Trinajstić information content (AvgIpc) is 3.37. The maximum absolute atomic E-state index is 12.7. The molecule has 0 spiro atoms. The smallest absolute Gasteiger partial charge is 0.302 e. The van der Waals surface area contributed by atoms with Gasteiger partial charge in [0.1, 0.15) is 0 Å². The molecule has 0 saturated carbocycles. The van der Waals surface area contributed by atoms with Crippen molar-refractivity contribution >= 4 is 44.6 Å². The monoisotopic (exact) mass is 480 g/mol. The maximum atomic E-state index is 12.7. The molecule has 0 bridgehead atoms. The van der Waals surface area contributed by atoms with Gasteiger partial charge in [-0.1, -0.05) is 12.1 Å². The SMILES string of the molecule is Cn1c(=O)c2c(CC(=O)Nc3nc(-c4ccc(C(F)(F)F)cc4)cs3)scc2n(C)c1=O. The van der Waals surface area contributed by atoms with Crippen molar-refractivity contribution in [2.45, 2.75) is 12.6 Å². The lowest BCUT2D eigenvalue weighted by Gasteiger charge is -2.06. The Bertz CT molecular complexity index is 1450. The molecule has 0 aliphatic carbocycles. The van der Waals surface area contributed by atoms with E-state index in [4.69, 9.17) is 0 Å². The van der Waals surface area contributed by atoms with E-state index in [9.17, 15) is 27.6 Å². The highest BCUT2D eigenvalue weighted by Gasteiger charge is 2.30. The Hall–Kier alpha value is -3.25. The summed E-state index contributed by atoms with van der Waals surface area (Å²) in [4.78, 5) is 41.9. The minimum Gasteiger partial charge on any atom is -0.302 e. The number of nitrogens with one attached hydrogen (secondary N) is 1. The van der Waals surface area contributed by atoms with E-state index in [1.54, 1.807) is 17.8 Å². The molecule has 1 N–H and O–H groups in total. The van der Waals surface area contributed by atoms with Crippen molar-refractivity contribution in [2.24, 2.45) is 14.1 Å². The second kappa shape index (κ2) is 8.02. The van der Waals surface area contributed by atoms with Crippen molar-refractivity contribution in [1.82, 2.24) is 14.1 Å². The van der Waals surface area contributed by atoms with Crippen LogP contribution in [0, 0.1) is 0 Å². The van der Waals surface area contributed by atoms with Gasteiger partial charge < -0.3 is 5.32 Å². The average molecular weight is 480 g/mol. The summed E-state index contributed by atoms with van der Waals surface area (Å²) >= 11 is 2.35. The topological polar surface area (TPSA) is 86.0 Å². The van der Waals surface area contributed by atoms with Gasteiger partial charge in [-0.05, 0) is 12.1 Å². The predicted molar refractivity (Wildman–Crippen MR) is 117 cm³/mol. The molecule has 0 fully saturated rings. The number of aromatic nitrogens is 3. The van der Waals surface area contributed by atoms with Gasteiger partial charge in [-0.2, -0.15) is 13.2 Å². The Kier molecular flexibility index (Phi) is 5.51. The summed E-state index contributed by atoms with van der Waals surface area (Å²) in [5.74, 6) is -0.405. The zero-order chi connectivity index (χ0) is 23.2. The Balaban J connectivity index is 1.52.